The molecule has 1 aliphatic heterocycles. The number of ether oxygens (including phenoxy) is 3. The van der Waals surface area contributed by atoms with Gasteiger partial charge in [-0.3, -0.25) is 9.59 Å². The van der Waals surface area contributed by atoms with E-state index in [0.717, 1.165) is 16.9 Å². The summed E-state index contributed by atoms with van der Waals surface area (Å²) in [5, 5.41) is 0. The maximum absolute atomic E-state index is 12.6. The van der Waals surface area contributed by atoms with Gasteiger partial charge in [0.2, 0.25) is 11.8 Å². The largest absolute Gasteiger partial charge is 0.497 e. The minimum atomic E-state index is -0.0826. The van der Waals surface area contributed by atoms with Crippen molar-refractivity contribution in [1.82, 2.24) is 9.80 Å². The maximum atomic E-state index is 12.6. The van der Waals surface area contributed by atoms with Gasteiger partial charge in [0, 0.05) is 32.3 Å². The van der Waals surface area contributed by atoms with E-state index in [4.69, 9.17) is 14.2 Å². The van der Waals surface area contributed by atoms with Crippen LogP contribution in [0, 0.1) is 0 Å². The molecule has 3 rings (SSSR count). The van der Waals surface area contributed by atoms with Crippen molar-refractivity contribution >= 4 is 17.9 Å². The van der Waals surface area contributed by atoms with Crippen LogP contribution in [0.1, 0.15) is 11.1 Å². The number of benzene rings is 2. The quantitative estimate of drug-likeness (QED) is 0.434. The third-order valence-electron chi connectivity index (χ3n) is 5.40. The van der Waals surface area contributed by atoms with Crippen LogP contribution in [0.2, 0.25) is 0 Å². The second kappa shape index (κ2) is 11.8. The zero-order valence-electron chi connectivity index (χ0n) is 19.2. The van der Waals surface area contributed by atoms with Crippen LogP contribution >= 0.6 is 0 Å². The summed E-state index contributed by atoms with van der Waals surface area (Å²) in [6.45, 7) is 6.07. The molecule has 33 heavy (non-hydrogen) atoms. The number of rotatable bonds is 9. The van der Waals surface area contributed by atoms with Gasteiger partial charge in [-0.15, -0.1) is 0 Å². The Balaban J connectivity index is 1.52. The fourth-order valence-electron chi connectivity index (χ4n) is 3.57. The van der Waals surface area contributed by atoms with Crippen molar-refractivity contribution in [2.75, 3.05) is 47.0 Å². The third-order valence-corrected chi connectivity index (χ3v) is 5.40. The van der Waals surface area contributed by atoms with E-state index in [1.54, 1.807) is 48.3 Å². The molecule has 0 unspecified atom stereocenters. The lowest BCUT2D eigenvalue weighted by Gasteiger charge is -2.34. The predicted octanol–water partition coefficient (Wildman–Crippen LogP) is 3.20. The third kappa shape index (κ3) is 6.62. The topological polar surface area (TPSA) is 68.3 Å². The molecule has 2 aromatic carbocycles. The van der Waals surface area contributed by atoms with E-state index in [9.17, 15) is 9.59 Å². The summed E-state index contributed by atoms with van der Waals surface area (Å²) in [5.41, 5.74) is 1.75. The van der Waals surface area contributed by atoms with Gasteiger partial charge in [-0.1, -0.05) is 30.9 Å². The van der Waals surface area contributed by atoms with Gasteiger partial charge in [0.05, 0.1) is 20.6 Å². The van der Waals surface area contributed by atoms with Crippen LogP contribution in [0.3, 0.4) is 0 Å². The van der Waals surface area contributed by atoms with Crippen molar-refractivity contribution in [3.63, 3.8) is 0 Å². The summed E-state index contributed by atoms with van der Waals surface area (Å²) in [4.78, 5) is 28.8. The van der Waals surface area contributed by atoms with E-state index in [2.05, 4.69) is 6.58 Å². The van der Waals surface area contributed by atoms with Gasteiger partial charge in [0.15, 0.2) is 11.5 Å². The summed E-state index contributed by atoms with van der Waals surface area (Å²) in [6, 6.07) is 13.0. The second-order valence-corrected chi connectivity index (χ2v) is 7.58. The summed E-state index contributed by atoms with van der Waals surface area (Å²) < 4.78 is 16.1. The van der Waals surface area contributed by atoms with Gasteiger partial charge >= 0.3 is 0 Å². The lowest BCUT2D eigenvalue weighted by atomic mass is 10.1. The molecular weight excluding hydrogens is 420 g/mol. The molecule has 1 aliphatic rings. The minimum Gasteiger partial charge on any atom is -0.497 e. The van der Waals surface area contributed by atoms with E-state index >= 15 is 0 Å². The number of piperazine rings is 1. The molecule has 174 valence electrons. The summed E-state index contributed by atoms with van der Waals surface area (Å²) >= 11 is 0. The second-order valence-electron chi connectivity index (χ2n) is 7.58. The van der Waals surface area contributed by atoms with Crippen LogP contribution in [-0.2, 0) is 16.0 Å². The SMILES string of the molecule is C=CCOc1ccc(/C=C/C(=O)N2CCN(C(=O)Cc3cccc(OC)c3)CC2)cc1OC. The molecule has 0 saturated carbocycles. The van der Waals surface area contributed by atoms with Gasteiger partial charge < -0.3 is 24.0 Å². The number of methoxy groups -OCH3 is 2. The standard InChI is InChI=1S/C26H30N2O5/c1-4-16-33-23-10-8-20(18-24(23)32-3)9-11-25(29)27-12-14-28(15-13-27)26(30)19-21-6-5-7-22(17-21)31-2/h4-11,17-18H,1,12-16,19H2,2-3H3/b11-9+. The number of hydrogen-bond acceptors (Lipinski definition) is 5. The summed E-state index contributed by atoms with van der Waals surface area (Å²) in [5.74, 6) is 1.92. The molecule has 1 fully saturated rings. The predicted molar refractivity (Wildman–Crippen MR) is 128 cm³/mol. The van der Waals surface area contributed by atoms with Crippen molar-refractivity contribution in [3.05, 3.63) is 72.3 Å². The first-order valence-electron chi connectivity index (χ1n) is 10.8. The fraction of sp³-hybridized carbons (Fsp3) is 0.308. The van der Waals surface area contributed by atoms with E-state index in [1.807, 2.05) is 36.4 Å². The number of nitrogens with zero attached hydrogens (tertiary/aromatic N) is 2. The molecular formula is C26H30N2O5. The normalized spacial score (nSPS) is 13.6. The van der Waals surface area contributed by atoms with Crippen molar-refractivity contribution in [1.29, 1.82) is 0 Å². The first-order chi connectivity index (χ1) is 16.0. The first-order valence-corrected chi connectivity index (χ1v) is 10.8. The fourth-order valence-corrected chi connectivity index (χ4v) is 3.57. The van der Waals surface area contributed by atoms with Gasteiger partial charge in [0.1, 0.15) is 12.4 Å². The van der Waals surface area contributed by atoms with Crippen molar-refractivity contribution < 1.29 is 23.8 Å². The molecule has 0 aliphatic carbocycles. The van der Waals surface area contributed by atoms with Crippen molar-refractivity contribution in [2.24, 2.45) is 0 Å². The minimum absolute atomic E-state index is 0.0525. The van der Waals surface area contributed by atoms with Crippen LogP contribution < -0.4 is 14.2 Å². The Labute approximate surface area is 194 Å². The Kier molecular flexibility index (Phi) is 8.52. The van der Waals surface area contributed by atoms with Crippen molar-refractivity contribution in [2.45, 2.75) is 6.42 Å². The van der Waals surface area contributed by atoms with E-state index < -0.39 is 0 Å². The number of carbonyl (C=O) groups is 2. The molecule has 7 heteroatoms. The van der Waals surface area contributed by atoms with Crippen LogP contribution in [0.25, 0.3) is 6.08 Å². The Morgan fingerprint density at radius 3 is 2.42 bits per heavy atom. The molecule has 1 saturated heterocycles. The summed E-state index contributed by atoms with van der Waals surface area (Å²) in [6.07, 6.45) is 5.28. The molecule has 0 bridgehead atoms. The average Bonchev–Trinajstić information content (AvgIpc) is 2.86. The zero-order valence-corrected chi connectivity index (χ0v) is 19.2. The Morgan fingerprint density at radius 2 is 1.73 bits per heavy atom. The Hall–Kier alpha value is -3.74. The molecule has 0 spiro atoms. The van der Waals surface area contributed by atoms with E-state index in [0.29, 0.717) is 50.7 Å². The van der Waals surface area contributed by atoms with Gasteiger partial charge in [-0.25, -0.2) is 0 Å². The van der Waals surface area contributed by atoms with Gasteiger partial charge in [-0.05, 0) is 41.5 Å². The monoisotopic (exact) mass is 450 g/mol. The highest BCUT2D eigenvalue weighted by Crippen LogP contribution is 2.28. The zero-order chi connectivity index (χ0) is 23.6. The maximum Gasteiger partial charge on any atom is 0.246 e. The number of carbonyl (C=O) groups excluding carboxylic acids is 2. The van der Waals surface area contributed by atoms with Crippen LogP contribution in [0.15, 0.2) is 61.2 Å². The van der Waals surface area contributed by atoms with E-state index in [-0.39, 0.29) is 11.8 Å². The molecule has 0 N–H and O–H groups in total. The van der Waals surface area contributed by atoms with Gasteiger partial charge in [-0.2, -0.15) is 0 Å². The lowest BCUT2D eigenvalue weighted by Crippen LogP contribution is -2.50. The Morgan fingerprint density at radius 1 is 0.970 bits per heavy atom. The highest BCUT2D eigenvalue weighted by Gasteiger charge is 2.23. The highest BCUT2D eigenvalue weighted by molar-refractivity contribution is 5.92. The van der Waals surface area contributed by atoms with Gasteiger partial charge in [0.25, 0.3) is 0 Å². The van der Waals surface area contributed by atoms with E-state index in [1.165, 1.54) is 0 Å². The smallest absolute Gasteiger partial charge is 0.246 e. The molecule has 1 heterocycles. The molecule has 0 radical (unpaired) electrons. The highest BCUT2D eigenvalue weighted by atomic mass is 16.5. The number of amides is 2. The molecule has 0 atom stereocenters. The molecule has 2 aromatic rings. The molecule has 7 nitrogen and oxygen atoms in total. The number of hydrogen-bond donors (Lipinski definition) is 0. The molecule has 0 aromatic heterocycles. The van der Waals surface area contributed by atoms with Crippen LogP contribution in [-0.4, -0.2) is 68.6 Å². The van der Waals surface area contributed by atoms with Crippen molar-refractivity contribution in [3.8, 4) is 17.2 Å². The van der Waals surface area contributed by atoms with Crippen LogP contribution in [0.5, 0.6) is 17.2 Å². The molecule has 2 amide bonds. The van der Waals surface area contributed by atoms with Crippen LogP contribution in [0.4, 0.5) is 0 Å². The Bertz CT molecular complexity index is 1010. The lowest BCUT2D eigenvalue weighted by molar-refractivity contribution is -0.136. The summed E-state index contributed by atoms with van der Waals surface area (Å²) in [7, 11) is 3.18. The average molecular weight is 451 g/mol. The first kappa shape index (κ1) is 23.9.